The summed E-state index contributed by atoms with van der Waals surface area (Å²) in [6, 6.07) is 9.70. The molecule has 0 aromatic heterocycles. The molecule has 0 radical (unpaired) electrons. The van der Waals surface area contributed by atoms with Gasteiger partial charge in [-0.15, -0.1) is 0 Å². The highest BCUT2D eigenvalue weighted by Crippen LogP contribution is 2.33. The largest absolute Gasteiger partial charge is 0.455 e. The van der Waals surface area contributed by atoms with E-state index in [1.807, 2.05) is 6.92 Å². The van der Waals surface area contributed by atoms with Crippen LogP contribution in [0.15, 0.2) is 47.4 Å². The second-order valence-electron chi connectivity index (χ2n) is 6.53. The van der Waals surface area contributed by atoms with Crippen LogP contribution in [0.3, 0.4) is 0 Å². The van der Waals surface area contributed by atoms with E-state index >= 15 is 0 Å². The van der Waals surface area contributed by atoms with Gasteiger partial charge in [0.05, 0.1) is 23.8 Å². The zero-order valence-electron chi connectivity index (χ0n) is 16.1. The summed E-state index contributed by atoms with van der Waals surface area (Å²) in [6.45, 7) is 3.09. The molecule has 156 valence electrons. The van der Waals surface area contributed by atoms with Gasteiger partial charge in [-0.3, -0.25) is 4.79 Å². The van der Waals surface area contributed by atoms with Gasteiger partial charge in [0.25, 0.3) is 0 Å². The fourth-order valence-corrected chi connectivity index (χ4v) is 4.30. The van der Waals surface area contributed by atoms with E-state index in [1.165, 1.54) is 46.8 Å². The van der Waals surface area contributed by atoms with E-state index < -0.39 is 15.8 Å². The van der Waals surface area contributed by atoms with Crippen LogP contribution in [0.4, 0.5) is 10.1 Å². The molecule has 3 rings (SSSR count). The van der Waals surface area contributed by atoms with E-state index in [0.29, 0.717) is 25.4 Å². The average Bonchev–Trinajstić information content (AvgIpc) is 2.71. The molecule has 1 aliphatic rings. The number of ether oxygens (including phenoxy) is 2. The normalized spacial score (nSPS) is 15.1. The number of anilines is 1. The predicted octanol–water partition coefficient (Wildman–Crippen LogP) is 3.38. The lowest BCUT2D eigenvalue weighted by Gasteiger charge is -2.26. The summed E-state index contributed by atoms with van der Waals surface area (Å²) in [5.41, 5.74) is 0.238. The molecule has 0 aliphatic carbocycles. The van der Waals surface area contributed by atoms with Crippen molar-refractivity contribution in [3.63, 3.8) is 0 Å². The molecular weight excluding hydrogens is 399 g/mol. The topological polar surface area (TPSA) is 84.9 Å². The fraction of sp³-hybridized carbons (Fsp3) is 0.350. The molecule has 1 heterocycles. The third-order valence-electron chi connectivity index (χ3n) is 4.35. The number of carbonyl (C=O) groups is 1. The summed E-state index contributed by atoms with van der Waals surface area (Å²) in [7, 11) is -3.73. The van der Waals surface area contributed by atoms with Gasteiger partial charge in [-0.25, -0.2) is 12.8 Å². The van der Waals surface area contributed by atoms with Crippen LogP contribution in [0.2, 0.25) is 0 Å². The monoisotopic (exact) mass is 422 g/mol. The maximum Gasteiger partial charge on any atom is 0.243 e. The number of rotatable bonds is 7. The molecule has 0 unspecified atom stereocenters. The van der Waals surface area contributed by atoms with Crippen LogP contribution >= 0.6 is 0 Å². The van der Waals surface area contributed by atoms with Crippen molar-refractivity contribution in [2.75, 3.05) is 31.6 Å². The number of sulfonamides is 1. The van der Waals surface area contributed by atoms with E-state index in [9.17, 15) is 17.6 Å². The lowest BCUT2D eigenvalue weighted by atomic mass is 10.2. The Balaban J connectivity index is 1.93. The van der Waals surface area contributed by atoms with E-state index in [4.69, 9.17) is 9.47 Å². The number of nitrogens with one attached hydrogen (secondary N) is 1. The Morgan fingerprint density at radius 1 is 1.17 bits per heavy atom. The molecule has 29 heavy (non-hydrogen) atoms. The molecule has 0 saturated carbocycles. The number of halogens is 1. The van der Waals surface area contributed by atoms with Crippen LogP contribution in [-0.2, 0) is 19.6 Å². The van der Waals surface area contributed by atoms with Crippen LogP contribution < -0.4 is 10.1 Å². The molecule has 1 fully saturated rings. The van der Waals surface area contributed by atoms with Crippen LogP contribution in [0.25, 0.3) is 0 Å². The number of benzene rings is 2. The number of nitrogens with zero attached hydrogens (tertiary/aromatic N) is 1. The predicted molar refractivity (Wildman–Crippen MR) is 106 cm³/mol. The number of amides is 1. The summed E-state index contributed by atoms with van der Waals surface area (Å²) < 4.78 is 51.3. The van der Waals surface area contributed by atoms with E-state index in [0.717, 1.165) is 0 Å². The lowest BCUT2D eigenvalue weighted by molar-refractivity contribution is -0.116. The Kier molecular flexibility index (Phi) is 6.83. The molecule has 9 heteroatoms. The lowest BCUT2D eigenvalue weighted by Crippen LogP contribution is -2.40. The van der Waals surface area contributed by atoms with Crippen molar-refractivity contribution in [3.8, 4) is 11.5 Å². The quantitative estimate of drug-likeness (QED) is 0.740. The molecule has 2 aromatic carbocycles. The van der Waals surface area contributed by atoms with Crippen LogP contribution in [0.5, 0.6) is 11.5 Å². The van der Waals surface area contributed by atoms with Crippen LogP contribution in [-0.4, -0.2) is 44.9 Å². The molecule has 7 nitrogen and oxygen atoms in total. The highest BCUT2D eigenvalue weighted by atomic mass is 32.2. The summed E-state index contributed by atoms with van der Waals surface area (Å²) in [4.78, 5) is 12.2. The molecule has 0 bridgehead atoms. The Morgan fingerprint density at radius 3 is 2.52 bits per heavy atom. The first kappa shape index (κ1) is 21.2. The first-order chi connectivity index (χ1) is 13.9. The number of hydrogen-bond donors (Lipinski definition) is 1. The van der Waals surface area contributed by atoms with Gasteiger partial charge in [-0.1, -0.05) is 6.92 Å². The van der Waals surface area contributed by atoms with Crippen molar-refractivity contribution in [1.82, 2.24) is 4.31 Å². The zero-order valence-corrected chi connectivity index (χ0v) is 16.9. The summed E-state index contributed by atoms with van der Waals surface area (Å²) in [5.74, 6) is -0.0266. The van der Waals surface area contributed by atoms with Gasteiger partial charge < -0.3 is 14.8 Å². The first-order valence-corrected chi connectivity index (χ1v) is 10.8. The molecule has 0 atom stereocenters. The SMILES string of the molecule is CCCC(=O)Nc1cc(S(=O)(=O)N2CCOCC2)ccc1Oc1ccc(F)cc1. The maximum absolute atomic E-state index is 13.1. The highest BCUT2D eigenvalue weighted by Gasteiger charge is 2.27. The van der Waals surface area contributed by atoms with Crippen molar-refractivity contribution in [2.24, 2.45) is 0 Å². The third kappa shape index (κ3) is 5.31. The summed E-state index contributed by atoms with van der Waals surface area (Å²) >= 11 is 0. The second kappa shape index (κ2) is 9.34. The average molecular weight is 422 g/mol. The Labute approximate surface area is 169 Å². The van der Waals surface area contributed by atoms with Gasteiger partial charge in [-0.2, -0.15) is 4.31 Å². The number of morpholine rings is 1. The number of carbonyl (C=O) groups excluding carboxylic acids is 1. The highest BCUT2D eigenvalue weighted by molar-refractivity contribution is 7.89. The Hall–Kier alpha value is -2.49. The molecule has 0 spiro atoms. The third-order valence-corrected chi connectivity index (χ3v) is 6.25. The van der Waals surface area contributed by atoms with Gasteiger partial charge >= 0.3 is 0 Å². The van der Waals surface area contributed by atoms with Gasteiger partial charge in [0, 0.05) is 19.5 Å². The van der Waals surface area contributed by atoms with Gasteiger partial charge in [0.2, 0.25) is 15.9 Å². The standard InChI is InChI=1S/C20H23FN2O5S/c1-2-3-20(24)22-18-14-17(29(25,26)23-10-12-27-13-11-23)8-9-19(18)28-16-6-4-15(21)5-7-16/h4-9,14H,2-3,10-13H2,1H3,(H,22,24). The molecule has 1 saturated heterocycles. The van der Waals surface area contributed by atoms with Crippen molar-refractivity contribution < 1.29 is 27.1 Å². The van der Waals surface area contributed by atoms with Crippen molar-refractivity contribution in [1.29, 1.82) is 0 Å². The minimum Gasteiger partial charge on any atom is -0.455 e. The summed E-state index contributed by atoms with van der Waals surface area (Å²) in [6.07, 6.45) is 0.933. The number of hydrogen-bond acceptors (Lipinski definition) is 5. The second-order valence-corrected chi connectivity index (χ2v) is 8.47. The molecule has 2 aromatic rings. The van der Waals surface area contributed by atoms with Crippen molar-refractivity contribution in [3.05, 3.63) is 48.3 Å². The van der Waals surface area contributed by atoms with Gasteiger partial charge in [0.15, 0.2) is 5.75 Å². The summed E-state index contributed by atoms with van der Waals surface area (Å²) in [5, 5.41) is 2.71. The minimum atomic E-state index is -3.73. The molecule has 1 amide bonds. The maximum atomic E-state index is 13.1. The van der Waals surface area contributed by atoms with Crippen LogP contribution in [0, 0.1) is 5.82 Å². The molecule has 1 N–H and O–H groups in total. The first-order valence-electron chi connectivity index (χ1n) is 9.35. The van der Waals surface area contributed by atoms with Crippen molar-refractivity contribution in [2.45, 2.75) is 24.7 Å². The van der Waals surface area contributed by atoms with Gasteiger partial charge in [0.1, 0.15) is 11.6 Å². The smallest absolute Gasteiger partial charge is 0.243 e. The van der Waals surface area contributed by atoms with Crippen molar-refractivity contribution >= 4 is 21.6 Å². The van der Waals surface area contributed by atoms with Gasteiger partial charge in [-0.05, 0) is 48.9 Å². The molecular formula is C20H23FN2O5S. The van der Waals surface area contributed by atoms with E-state index in [2.05, 4.69) is 5.32 Å². The Bertz CT molecular complexity index is 957. The molecule has 1 aliphatic heterocycles. The zero-order chi connectivity index (χ0) is 20.9. The van der Waals surface area contributed by atoms with E-state index in [1.54, 1.807) is 0 Å². The fourth-order valence-electron chi connectivity index (χ4n) is 2.86. The Morgan fingerprint density at radius 2 is 1.86 bits per heavy atom. The van der Waals surface area contributed by atoms with Crippen LogP contribution in [0.1, 0.15) is 19.8 Å². The minimum absolute atomic E-state index is 0.0534. The van der Waals surface area contributed by atoms with E-state index in [-0.39, 0.29) is 41.7 Å².